The second-order valence-electron chi connectivity index (χ2n) is 5.08. The summed E-state index contributed by atoms with van der Waals surface area (Å²) in [5.74, 6) is 0.335. The molecule has 1 aromatic carbocycles. The number of nitrogens with zero attached hydrogens (tertiary/aromatic N) is 2. The van der Waals surface area contributed by atoms with Crippen molar-refractivity contribution in [3.8, 4) is 11.3 Å². The van der Waals surface area contributed by atoms with Gasteiger partial charge in [0.2, 0.25) is 0 Å². The van der Waals surface area contributed by atoms with Gasteiger partial charge in [-0.15, -0.1) is 0 Å². The van der Waals surface area contributed by atoms with Crippen molar-refractivity contribution in [3.63, 3.8) is 0 Å². The van der Waals surface area contributed by atoms with Crippen LogP contribution in [0.2, 0.25) is 0 Å². The average Bonchev–Trinajstić information content (AvgIpc) is 3.05. The lowest BCUT2D eigenvalue weighted by atomic mass is 9.89. The highest BCUT2D eigenvalue weighted by Crippen LogP contribution is 2.44. The summed E-state index contributed by atoms with van der Waals surface area (Å²) in [5.41, 5.74) is 10.00. The third-order valence-corrected chi connectivity index (χ3v) is 4.10. The quantitative estimate of drug-likeness (QED) is 0.821. The summed E-state index contributed by atoms with van der Waals surface area (Å²) in [4.78, 5) is 4.27. The summed E-state index contributed by atoms with van der Waals surface area (Å²) in [6, 6.07) is 8.89. The van der Waals surface area contributed by atoms with Crippen LogP contribution in [0.1, 0.15) is 11.6 Å². The molecule has 2 aromatic rings. The first-order valence-corrected chi connectivity index (χ1v) is 6.30. The normalized spacial score (nSPS) is 29.3. The fourth-order valence-electron chi connectivity index (χ4n) is 3.22. The Hall–Kier alpha value is -1.65. The maximum atomic E-state index is 6.18. The molecule has 18 heavy (non-hydrogen) atoms. The van der Waals surface area contributed by atoms with E-state index in [9.17, 15) is 0 Å². The molecule has 92 valence electrons. The van der Waals surface area contributed by atoms with Gasteiger partial charge in [-0.05, 0) is 5.56 Å². The Morgan fingerprint density at radius 2 is 2.17 bits per heavy atom. The molecule has 1 aromatic heterocycles. The Labute approximate surface area is 105 Å². The zero-order chi connectivity index (χ0) is 12.1. The largest absolute Gasteiger partial charge is 0.379 e. The van der Waals surface area contributed by atoms with E-state index in [1.165, 1.54) is 16.8 Å². The maximum Gasteiger partial charge on any atom is 0.0956 e. The molecular weight excluding hydrogens is 226 g/mol. The van der Waals surface area contributed by atoms with Gasteiger partial charge in [0.15, 0.2) is 0 Å². The minimum Gasteiger partial charge on any atom is -0.379 e. The highest BCUT2D eigenvalue weighted by molar-refractivity contribution is 5.69. The van der Waals surface area contributed by atoms with Crippen molar-refractivity contribution >= 4 is 0 Å². The van der Waals surface area contributed by atoms with Crippen molar-refractivity contribution in [2.45, 2.75) is 12.1 Å². The molecule has 3 atom stereocenters. The number of aromatic nitrogens is 2. The zero-order valence-electron chi connectivity index (χ0n) is 9.99. The molecule has 1 saturated heterocycles. The molecular formula is C14H15N3O. The lowest BCUT2D eigenvalue weighted by molar-refractivity contribution is 0.177. The topological polar surface area (TPSA) is 53.1 Å². The minimum absolute atomic E-state index is 0.108. The van der Waals surface area contributed by atoms with Gasteiger partial charge in [0.25, 0.3) is 0 Å². The third-order valence-electron chi connectivity index (χ3n) is 4.10. The monoisotopic (exact) mass is 241 g/mol. The molecule has 3 heterocycles. The molecule has 2 aliphatic rings. The first kappa shape index (κ1) is 10.3. The van der Waals surface area contributed by atoms with E-state index in [-0.39, 0.29) is 12.1 Å². The molecule has 2 aliphatic heterocycles. The lowest BCUT2D eigenvalue weighted by Gasteiger charge is -2.23. The molecule has 1 fully saturated rings. The smallest absolute Gasteiger partial charge is 0.0956 e. The maximum absolute atomic E-state index is 6.18. The molecule has 4 heteroatoms. The van der Waals surface area contributed by atoms with Gasteiger partial charge in [-0.1, -0.05) is 24.3 Å². The van der Waals surface area contributed by atoms with E-state index < -0.39 is 0 Å². The number of rotatable bonds is 1. The van der Waals surface area contributed by atoms with Gasteiger partial charge in [0, 0.05) is 17.5 Å². The van der Waals surface area contributed by atoms with Crippen molar-refractivity contribution in [1.29, 1.82) is 0 Å². The SMILES string of the molecule is N[C@H]1COC[C@H]1[C@@H]1c2ccccc2-c2cncn21. The summed E-state index contributed by atoms with van der Waals surface area (Å²) < 4.78 is 7.77. The van der Waals surface area contributed by atoms with Crippen LogP contribution in [0.5, 0.6) is 0 Å². The lowest BCUT2D eigenvalue weighted by Crippen LogP contribution is -2.34. The predicted octanol–water partition coefficient (Wildman–Crippen LogP) is 1.43. The highest BCUT2D eigenvalue weighted by atomic mass is 16.5. The number of hydrogen-bond acceptors (Lipinski definition) is 3. The van der Waals surface area contributed by atoms with Gasteiger partial charge in [-0.2, -0.15) is 0 Å². The molecule has 0 saturated carbocycles. The average molecular weight is 241 g/mol. The molecule has 0 unspecified atom stereocenters. The van der Waals surface area contributed by atoms with Crippen molar-refractivity contribution in [1.82, 2.24) is 9.55 Å². The molecule has 0 aliphatic carbocycles. The molecule has 0 amide bonds. The van der Waals surface area contributed by atoms with E-state index in [1.807, 2.05) is 12.5 Å². The van der Waals surface area contributed by atoms with E-state index >= 15 is 0 Å². The molecule has 4 rings (SSSR count). The highest BCUT2D eigenvalue weighted by Gasteiger charge is 2.39. The van der Waals surface area contributed by atoms with E-state index in [0.717, 1.165) is 6.61 Å². The van der Waals surface area contributed by atoms with E-state index in [0.29, 0.717) is 12.5 Å². The number of ether oxygens (including phenoxy) is 1. The minimum atomic E-state index is 0.108. The van der Waals surface area contributed by atoms with Crippen LogP contribution in [-0.2, 0) is 4.74 Å². The zero-order valence-corrected chi connectivity index (χ0v) is 9.99. The number of nitrogens with two attached hydrogens (primary N) is 1. The van der Waals surface area contributed by atoms with Crippen LogP contribution in [0, 0.1) is 5.92 Å². The van der Waals surface area contributed by atoms with Crippen LogP contribution in [0.15, 0.2) is 36.8 Å². The Bertz CT molecular complexity index is 592. The van der Waals surface area contributed by atoms with Gasteiger partial charge < -0.3 is 15.0 Å². The van der Waals surface area contributed by atoms with Crippen molar-refractivity contribution in [3.05, 3.63) is 42.4 Å². The summed E-state index contributed by atoms with van der Waals surface area (Å²) >= 11 is 0. The molecule has 2 N–H and O–H groups in total. The Morgan fingerprint density at radius 1 is 1.28 bits per heavy atom. The van der Waals surface area contributed by atoms with E-state index in [4.69, 9.17) is 10.5 Å². The predicted molar refractivity (Wildman–Crippen MR) is 68.1 cm³/mol. The standard InChI is InChI=1S/C14H15N3O/c15-12-7-18-6-11(12)14-10-4-2-1-3-9(10)13-5-16-8-17(13)14/h1-5,8,11-12,14H,6-7,15H2/t11-,12+,14+/m1/s1. The number of fused-ring (bicyclic) bond motifs is 3. The van der Waals surface area contributed by atoms with Gasteiger partial charge in [0.1, 0.15) is 0 Å². The van der Waals surface area contributed by atoms with Gasteiger partial charge in [-0.3, -0.25) is 0 Å². The van der Waals surface area contributed by atoms with Crippen LogP contribution >= 0.6 is 0 Å². The first-order valence-electron chi connectivity index (χ1n) is 6.30. The molecule has 4 nitrogen and oxygen atoms in total. The van der Waals surface area contributed by atoms with Gasteiger partial charge in [-0.25, -0.2) is 4.98 Å². The second kappa shape index (κ2) is 3.67. The third kappa shape index (κ3) is 1.24. The molecule has 0 radical (unpaired) electrons. The van der Waals surface area contributed by atoms with Gasteiger partial charge in [0.05, 0.1) is 37.5 Å². The number of hydrogen-bond donors (Lipinski definition) is 1. The van der Waals surface area contributed by atoms with Crippen LogP contribution in [0.4, 0.5) is 0 Å². The summed E-state index contributed by atoms with van der Waals surface area (Å²) in [6.45, 7) is 1.39. The summed E-state index contributed by atoms with van der Waals surface area (Å²) in [6.07, 6.45) is 3.84. The van der Waals surface area contributed by atoms with Gasteiger partial charge >= 0.3 is 0 Å². The molecule has 0 spiro atoms. The Morgan fingerprint density at radius 3 is 3.00 bits per heavy atom. The number of benzene rings is 1. The molecule has 0 bridgehead atoms. The van der Waals surface area contributed by atoms with E-state index in [2.05, 4.69) is 33.8 Å². The second-order valence-corrected chi connectivity index (χ2v) is 5.08. The summed E-state index contributed by atoms with van der Waals surface area (Å²) in [7, 11) is 0. The Kier molecular flexibility index (Phi) is 2.10. The van der Waals surface area contributed by atoms with Crippen LogP contribution in [0.3, 0.4) is 0 Å². The van der Waals surface area contributed by atoms with Crippen molar-refractivity contribution < 1.29 is 4.74 Å². The van der Waals surface area contributed by atoms with E-state index in [1.54, 1.807) is 0 Å². The fraction of sp³-hybridized carbons (Fsp3) is 0.357. The van der Waals surface area contributed by atoms with Crippen LogP contribution in [0.25, 0.3) is 11.3 Å². The Balaban J connectivity index is 1.89. The summed E-state index contributed by atoms with van der Waals surface area (Å²) in [5, 5.41) is 0. The number of imidazole rings is 1. The van der Waals surface area contributed by atoms with Crippen molar-refractivity contribution in [2.75, 3.05) is 13.2 Å². The van der Waals surface area contributed by atoms with Crippen LogP contribution in [-0.4, -0.2) is 28.8 Å². The first-order chi connectivity index (χ1) is 8.86. The van der Waals surface area contributed by atoms with Crippen LogP contribution < -0.4 is 5.73 Å². The fourth-order valence-corrected chi connectivity index (χ4v) is 3.22. The van der Waals surface area contributed by atoms with Crippen molar-refractivity contribution in [2.24, 2.45) is 11.7 Å².